The molecule has 0 aliphatic heterocycles. The van der Waals surface area contributed by atoms with E-state index in [-0.39, 0.29) is 0 Å². The minimum Gasteiger partial charge on any atom is -0.478 e. The van der Waals surface area contributed by atoms with E-state index in [4.69, 9.17) is 16.3 Å². The van der Waals surface area contributed by atoms with E-state index in [2.05, 4.69) is 12.1 Å². The van der Waals surface area contributed by atoms with Crippen molar-refractivity contribution in [2.45, 2.75) is 33.3 Å². The minimum absolute atomic E-state index is 0.319. The largest absolute Gasteiger partial charge is 0.478 e. The first-order chi connectivity index (χ1) is 10.4. The molecule has 4 heteroatoms. The predicted octanol–water partition coefficient (Wildman–Crippen LogP) is 4.34. The molecule has 2 rings (SSSR count). The molecule has 0 fully saturated rings. The van der Waals surface area contributed by atoms with Crippen LogP contribution in [0, 0.1) is 20.8 Å². The van der Waals surface area contributed by atoms with Crippen LogP contribution in [0.3, 0.4) is 0 Å². The summed E-state index contributed by atoms with van der Waals surface area (Å²) in [5.41, 5.74) is 4.35. The van der Waals surface area contributed by atoms with Crippen LogP contribution < -0.4 is 4.74 Å². The number of rotatable bonds is 5. The van der Waals surface area contributed by atoms with E-state index in [1.807, 2.05) is 20.8 Å². The molecule has 0 aliphatic carbocycles. The van der Waals surface area contributed by atoms with E-state index in [0.29, 0.717) is 17.2 Å². The normalized spacial score (nSPS) is 12.0. The molecule has 1 N–H and O–H groups in total. The van der Waals surface area contributed by atoms with Crippen molar-refractivity contribution in [3.05, 3.63) is 63.7 Å². The molecule has 22 heavy (non-hydrogen) atoms. The number of carboxylic acid groups (broad SMARTS) is 1. The molecule has 0 radical (unpaired) electrons. The van der Waals surface area contributed by atoms with Gasteiger partial charge in [0, 0.05) is 11.4 Å². The van der Waals surface area contributed by atoms with Gasteiger partial charge in [-0.2, -0.15) is 0 Å². The second-order valence-corrected chi connectivity index (χ2v) is 5.92. The highest BCUT2D eigenvalue weighted by molar-refractivity contribution is 6.30. The Morgan fingerprint density at radius 3 is 2.36 bits per heavy atom. The summed E-state index contributed by atoms with van der Waals surface area (Å²) in [4.78, 5) is 11.5. The molecule has 0 saturated heterocycles. The molecule has 0 heterocycles. The van der Waals surface area contributed by atoms with E-state index >= 15 is 0 Å². The average molecular weight is 319 g/mol. The highest BCUT2D eigenvalue weighted by Crippen LogP contribution is 2.22. The van der Waals surface area contributed by atoms with E-state index in [1.54, 1.807) is 24.3 Å². The van der Waals surface area contributed by atoms with Gasteiger partial charge in [-0.15, -0.1) is 0 Å². The molecule has 3 nitrogen and oxygen atoms in total. The third kappa shape index (κ3) is 4.01. The number of hydrogen-bond donors (Lipinski definition) is 1. The third-order valence-electron chi connectivity index (χ3n) is 3.58. The Morgan fingerprint density at radius 1 is 1.18 bits per heavy atom. The van der Waals surface area contributed by atoms with Crippen LogP contribution in [-0.4, -0.2) is 17.2 Å². The second kappa shape index (κ2) is 6.84. The molecule has 0 bridgehead atoms. The van der Waals surface area contributed by atoms with Gasteiger partial charge in [0.05, 0.1) is 0 Å². The Bertz CT molecular complexity index is 671. The summed E-state index contributed by atoms with van der Waals surface area (Å²) in [7, 11) is 0. The van der Waals surface area contributed by atoms with Gasteiger partial charge in [-0.3, -0.25) is 0 Å². The monoisotopic (exact) mass is 318 g/mol. The SMILES string of the molecule is Cc1cc(C)c(CC(Oc2cccc(Cl)c2)C(=O)O)c(C)c1. The molecule has 0 saturated carbocycles. The number of carboxylic acids is 1. The van der Waals surface area contributed by atoms with Crippen molar-refractivity contribution in [2.24, 2.45) is 0 Å². The number of aryl methyl sites for hydroxylation is 3. The molecule has 1 unspecified atom stereocenters. The second-order valence-electron chi connectivity index (χ2n) is 5.48. The lowest BCUT2D eigenvalue weighted by atomic mass is 9.95. The lowest BCUT2D eigenvalue weighted by Crippen LogP contribution is -2.30. The van der Waals surface area contributed by atoms with Gasteiger partial charge in [0.25, 0.3) is 0 Å². The fourth-order valence-corrected chi connectivity index (χ4v) is 2.78. The average Bonchev–Trinajstić information content (AvgIpc) is 2.41. The van der Waals surface area contributed by atoms with Gasteiger partial charge in [-0.1, -0.05) is 35.4 Å². The summed E-state index contributed by atoms with van der Waals surface area (Å²) >= 11 is 5.91. The highest BCUT2D eigenvalue weighted by Gasteiger charge is 2.22. The standard InChI is InChI=1S/C18H19ClO3/c1-11-7-12(2)16(13(3)8-11)10-17(18(20)21)22-15-6-4-5-14(19)9-15/h4-9,17H,10H2,1-3H3,(H,20,21). The highest BCUT2D eigenvalue weighted by atomic mass is 35.5. The van der Waals surface area contributed by atoms with Crippen molar-refractivity contribution >= 4 is 17.6 Å². The molecule has 1 atom stereocenters. The zero-order valence-electron chi connectivity index (χ0n) is 12.9. The van der Waals surface area contributed by atoms with E-state index in [0.717, 1.165) is 16.7 Å². The molecule has 0 aromatic heterocycles. The van der Waals surface area contributed by atoms with Gasteiger partial charge in [0.1, 0.15) is 5.75 Å². The smallest absolute Gasteiger partial charge is 0.345 e. The molecule has 0 spiro atoms. The van der Waals surface area contributed by atoms with Crippen LogP contribution in [0.25, 0.3) is 0 Å². The maximum Gasteiger partial charge on any atom is 0.345 e. The van der Waals surface area contributed by atoms with Crippen LogP contribution in [0.1, 0.15) is 22.3 Å². The zero-order chi connectivity index (χ0) is 16.3. The van der Waals surface area contributed by atoms with Gasteiger partial charge in [-0.25, -0.2) is 4.79 Å². The maximum atomic E-state index is 11.5. The van der Waals surface area contributed by atoms with Gasteiger partial charge in [-0.05, 0) is 55.7 Å². The summed E-state index contributed by atoms with van der Waals surface area (Å²) < 4.78 is 5.62. The van der Waals surface area contributed by atoms with Gasteiger partial charge in [0.15, 0.2) is 6.10 Å². The van der Waals surface area contributed by atoms with Crippen molar-refractivity contribution in [3.63, 3.8) is 0 Å². The van der Waals surface area contributed by atoms with Crippen molar-refractivity contribution in [1.82, 2.24) is 0 Å². The lowest BCUT2D eigenvalue weighted by molar-refractivity contribution is -0.145. The number of carbonyl (C=O) groups is 1. The molecule has 2 aromatic rings. The van der Waals surface area contributed by atoms with Crippen LogP contribution in [0.5, 0.6) is 5.75 Å². The van der Waals surface area contributed by atoms with Crippen molar-refractivity contribution in [1.29, 1.82) is 0 Å². The Balaban J connectivity index is 2.25. The summed E-state index contributed by atoms with van der Waals surface area (Å²) in [6.07, 6.45) is -0.627. The molecule has 116 valence electrons. The predicted molar refractivity (Wildman–Crippen MR) is 87.9 cm³/mol. The molecular weight excluding hydrogens is 300 g/mol. The van der Waals surface area contributed by atoms with E-state index in [1.165, 1.54) is 5.56 Å². The first-order valence-electron chi connectivity index (χ1n) is 7.08. The Hall–Kier alpha value is -2.00. The molecule has 0 amide bonds. The summed E-state index contributed by atoms with van der Waals surface area (Å²) in [6, 6.07) is 10.9. The Labute approximate surface area is 135 Å². The van der Waals surface area contributed by atoms with Crippen LogP contribution in [-0.2, 0) is 11.2 Å². The minimum atomic E-state index is -0.987. The van der Waals surface area contributed by atoms with E-state index < -0.39 is 12.1 Å². The van der Waals surface area contributed by atoms with Crippen LogP contribution in [0.2, 0.25) is 5.02 Å². The Kier molecular flexibility index (Phi) is 5.09. The van der Waals surface area contributed by atoms with Crippen LogP contribution >= 0.6 is 11.6 Å². The van der Waals surface area contributed by atoms with Crippen molar-refractivity contribution in [2.75, 3.05) is 0 Å². The quantitative estimate of drug-likeness (QED) is 0.892. The van der Waals surface area contributed by atoms with Crippen LogP contribution in [0.4, 0.5) is 0 Å². The maximum absolute atomic E-state index is 11.5. The van der Waals surface area contributed by atoms with Crippen LogP contribution in [0.15, 0.2) is 36.4 Å². The van der Waals surface area contributed by atoms with Crippen molar-refractivity contribution < 1.29 is 14.6 Å². The summed E-state index contributed by atoms with van der Waals surface area (Å²) in [5.74, 6) is -0.526. The number of hydrogen-bond acceptors (Lipinski definition) is 2. The third-order valence-corrected chi connectivity index (χ3v) is 3.81. The number of aliphatic carboxylic acids is 1. The Morgan fingerprint density at radius 2 is 1.82 bits per heavy atom. The van der Waals surface area contributed by atoms with Gasteiger partial charge < -0.3 is 9.84 Å². The van der Waals surface area contributed by atoms with Gasteiger partial charge in [0.2, 0.25) is 0 Å². The number of ether oxygens (including phenoxy) is 1. The van der Waals surface area contributed by atoms with Crippen molar-refractivity contribution in [3.8, 4) is 5.75 Å². The zero-order valence-corrected chi connectivity index (χ0v) is 13.6. The topological polar surface area (TPSA) is 46.5 Å². The molecular formula is C18H19ClO3. The molecule has 0 aliphatic rings. The fourth-order valence-electron chi connectivity index (χ4n) is 2.60. The number of halogens is 1. The first-order valence-corrected chi connectivity index (χ1v) is 7.46. The first kappa shape index (κ1) is 16.4. The fraction of sp³-hybridized carbons (Fsp3) is 0.278. The number of benzene rings is 2. The lowest BCUT2D eigenvalue weighted by Gasteiger charge is -2.18. The summed E-state index contributed by atoms with van der Waals surface area (Å²) in [6.45, 7) is 6.02. The van der Waals surface area contributed by atoms with Gasteiger partial charge >= 0.3 is 5.97 Å². The summed E-state index contributed by atoms with van der Waals surface area (Å²) in [5, 5.41) is 9.96. The molecule has 2 aromatic carbocycles. The van der Waals surface area contributed by atoms with E-state index in [9.17, 15) is 9.90 Å².